The SMILES string of the molecule is BrCc1c(OCCc2ccccn2)ccc2ccccc12. The summed E-state index contributed by atoms with van der Waals surface area (Å²) < 4.78 is 5.97. The van der Waals surface area contributed by atoms with Crippen LogP contribution in [0.3, 0.4) is 0 Å². The van der Waals surface area contributed by atoms with Gasteiger partial charge in [-0.1, -0.05) is 52.3 Å². The Labute approximate surface area is 132 Å². The van der Waals surface area contributed by atoms with Crippen molar-refractivity contribution in [3.8, 4) is 5.75 Å². The van der Waals surface area contributed by atoms with Crippen LogP contribution in [-0.4, -0.2) is 11.6 Å². The maximum atomic E-state index is 5.97. The number of benzene rings is 2. The molecular formula is C18H16BrNO. The van der Waals surface area contributed by atoms with E-state index >= 15 is 0 Å². The van der Waals surface area contributed by atoms with Crippen LogP contribution in [0.15, 0.2) is 60.8 Å². The zero-order chi connectivity index (χ0) is 14.5. The van der Waals surface area contributed by atoms with Crippen LogP contribution in [-0.2, 0) is 11.8 Å². The molecule has 0 aliphatic heterocycles. The molecule has 0 saturated carbocycles. The summed E-state index contributed by atoms with van der Waals surface area (Å²) >= 11 is 3.57. The first kappa shape index (κ1) is 14.1. The summed E-state index contributed by atoms with van der Waals surface area (Å²) in [4.78, 5) is 4.31. The maximum absolute atomic E-state index is 5.97. The van der Waals surface area contributed by atoms with Gasteiger partial charge in [-0.2, -0.15) is 0 Å². The van der Waals surface area contributed by atoms with Gasteiger partial charge in [0.2, 0.25) is 0 Å². The fraction of sp³-hybridized carbons (Fsp3) is 0.167. The van der Waals surface area contributed by atoms with Gasteiger partial charge in [0.1, 0.15) is 5.75 Å². The molecule has 0 radical (unpaired) electrons. The van der Waals surface area contributed by atoms with Gasteiger partial charge in [0, 0.05) is 29.2 Å². The highest BCUT2D eigenvalue weighted by atomic mass is 79.9. The Hall–Kier alpha value is -1.87. The van der Waals surface area contributed by atoms with E-state index in [0.29, 0.717) is 6.61 Å². The van der Waals surface area contributed by atoms with E-state index in [-0.39, 0.29) is 0 Å². The van der Waals surface area contributed by atoms with Gasteiger partial charge in [-0.3, -0.25) is 4.98 Å². The summed E-state index contributed by atoms with van der Waals surface area (Å²) in [6.45, 7) is 0.634. The second-order valence-corrected chi connectivity index (χ2v) is 5.38. The van der Waals surface area contributed by atoms with Crippen molar-refractivity contribution in [2.24, 2.45) is 0 Å². The molecule has 1 heterocycles. The molecule has 0 amide bonds. The Morgan fingerprint density at radius 2 is 1.81 bits per heavy atom. The lowest BCUT2D eigenvalue weighted by atomic mass is 10.0. The monoisotopic (exact) mass is 341 g/mol. The molecule has 3 aromatic rings. The molecule has 0 unspecified atom stereocenters. The molecule has 21 heavy (non-hydrogen) atoms. The van der Waals surface area contributed by atoms with Crippen LogP contribution in [0.1, 0.15) is 11.3 Å². The molecule has 0 atom stereocenters. The lowest BCUT2D eigenvalue weighted by Gasteiger charge is -2.12. The van der Waals surface area contributed by atoms with Gasteiger partial charge in [-0.15, -0.1) is 0 Å². The molecule has 0 N–H and O–H groups in total. The predicted octanol–water partition coefficient (Wildman–Crippen LogP) is 4.75. The Morgan fingerprint density at radius 3 is 2.62 bits per heavy atom. The molecule has 2 nitrogen and oxygen atoms in total. The van der Waals surface area contributed by atoms with Gasteiger partial charge < -0.3 is 4.74 Å². The smallest absolute Gasteiger partial charge is 0.123 e. The molecule has 0 aliphatic carbocycles. The predicted molar refractivity (Wildman–Crippen MR) is 90.0 cm³/mol. The molecule has 1 aromatic heterocycles. The van der Waals surface area contributed by atoms with E-state index in [4.69, 9.17) is 4.74 Å². The number of ether oxygens (including phenoxy) is 1. The topological polar surface area (TPSA) is 22.1 Å². The number of aromatic nitrogens is 1. The van der Waals surface area contributed by atoms with Crippen molar-refractivity contribution >= 4 is 26.7 Å². The third-order valence-electron chi connectivity index (χ3n) is 3.47. The van der Waals surface area contributed by atoms with Crippen molar-refractivity contribution in [1.82, 2.24) is 4.98 Å². The van der Waals surface area contributed by atoms with Gasteiger partial charge in [0.05, 0.1) is 6.61 Å². The van der Waals surface area contributed by atoms with Crippen molar-refractivity contribution in [1.29, 1.82) is 0 Å². The van der Waals surface area contributed by atoms with Crippen LogP contribution in [0.25, 0.3) is 10.8 Å². The van der Waals surface area contributed by atoms with E-state index in [0.717, 1.165) is 23.2 Å². The molecule has 0 bridgehead atoms. The first-order chi connectivity index (χ1) is 10.4. The van der Waals surface area contributed by atoms with Gasteiger partial charge in [0.15, 0.2) is 0 Å². The van der Waals surface area contributed by atoms with E-state index in [1.54, 1.807) is 0 Å². The number of nitrogens with zero attached hydrogens (tertiary/aromatic N) is 1. The lowest BCUT2D eigenvalue weighted by molar-refractivity contribution is 0.319. The highest BCUT2D eigenvalue weighted by Gasteiger charge is 2.07. The standard InChI is InChI=1S/C18H16BrNO/c19-13-17-16-7-2-1-5-14(16)8-9-18(17)21-12-10-15-6-3-4-11-20-15/h1-9,11H,10,12-13H2. The minimum absolute atomic E-state index is 0.634. The molecule has 106 valence electrons. The average Bonchev–Trinajstić information content (AvgIpc) is 2.55. The van der Waals surface area contributed by atoms with Crippen LogP contribution in [0.4, 0.5) is 0 Å². The maximum Gasteiger partial charge on any atom is 0.123 e. The number of hydrogen-bond donors (Lipinski definition) is 0. The lowest BCUT2D eigenvalue weighted by Crippen LogP contribution is -2.04. The molecule has 0 saturated heterocycles. The third kappa shape index (κ3) is 3.24. The number of rotatable bonds is 5. The summed E-state index contributed by atoms with van der Waals surface area (Å²) in [5.41, 5.74) is 2.26. The van der Waals surface area contributed by atoms with Crippen molar-refractivity contribution in [2.75, 3.05) is 6.61 Å². The minimum atomic E-state index is 0.634. The first-order valence-corrected chi connectivity index (χ1v) is 8.10. The Kier molecular flexibility index (Phi) is 4.51. The summed E-state index contributed by atoms with van der Waals surface area (Å²) in [5, 5.41) is 3.27. The van der Waals surface area contributed by atoms with Gasteiger partial charge in [-0.05, 0) is 29.0 Å². The summed E-state index contributed by atoms with van der Waals surface area (Å²) in [6.07, 6.45) is 2.63. The Morgan fingerprint density at radius 1 is 0.952 bits per heavy atom. The van der Waals surface area contributed by atoms with E-state index in [1.807, 2.05) is 24.4 Å². The number of fused-ring (bicyclic) bond motifs is 1. The number of hydrogen-bond acceptors (Lipinski definition) is 2. The minimum Gasteiger partial charge on any atom is -0.493 e. The van der Waals surface area contributed by atoms with Crippen LogP contribution in [0, 0.1) is 0 Å². The number of pyridine rings is 1. The van der Waals surface area contributed by atoms with Gasteiger partial charge in [-0.25, -0.2) is 0 Å². The molecular weight excluding hydrogens is 326 g/mol. The molecule has 3 heteroatoms. The highest BCUT2D eigenvalue weighted by molar-refractivity contribution is 9.08. The average molecular weight is 342 g/mol. The van der Waals surface area contributed by atoms with Gasteiger partial charge in [0.25, 0.3) is 0 Å². The normalized spacial score (nSPS) is 10.7. The molecule has 0 aliphatic rings. The first-order valence-electron chi connectivity index (χ1n) is 6.98. The third-order valence-corrected chi connectivity index (χ3v) is 4.03. The Bertz CT molecular complexity index is 728. The largest absolute Gasteiger partial charge is 0.493 e. The van der Waals surface area contributed by atoms with Crippen molar-refractivity contribution < 1.29 is 4.74 Å². The molecule has 0 fully saturated rings. The van der Waals surface area contributed by atoms with Crippen molar-refractivity contribution in [3.63, 3.8) is 0 Å². The van der Waals surface area contributed by atoms with Crippen molar-refractivity contribution in [2.45, 2.75) is 11.8 Å². The summed E-state index contributed by atoms with van der Waals surface area (Å²) in [5.74, 6) is 0.946. The molecule has 0 spiro atoms. The zero-order valence-electron chi connectivity index (χ0n) is 11.6. The van der Waals surface area contributed by atoms with E-state index in [9.17, 15) is 0 Å². The second-order valence-electron chi connectivity index (χ2n) is 4.82. The second kappa shape index (κ2) is 6.72. The number of halogens is 1. The quantitative estimate of drug-likeness (QED) is 0.624. The fourth-order valence-corrected chi connectivity index (χ4v) is 2.98. The zero-order valence-corrected chi connectivity index (χ0v) is 13.2. The van der Waals surface area contributed by atoms with Gasteiger partial charge >= 0.3 is 0 Å². The van der Waals surface area contributed by atoms with E-state index in [2.05, 4.69) is 57.3 Å². The molecule has 3 rings (SSSR count). The van der Waals surface area contributed by atoms with Crippen LogP contribution >= 0.6 is 15.9 Å². The number of alkyl halides is 1. The summed E-state index contributed by atoms with van der Waals surface area (Å²) in [6, 6.07) is 18.5. The molecule has 2 aromatic carbocycles. The van der Waals surface area contributed by atoms with Crippen LogP contribution < -0.4 is 4.74 Å². The fourth-order valence-electron chi connectivity index (χ4n) is 2.40. The van der Waals surface area contributed by atoms with Crippen LogP contribution in [0.5, 0.6) is 5.75 Å². The van der Waals surface area contributed by atoms with E-state index in [1.165, 1.54) is 16.3 Å². The highest BCUT2D eigenvalue weighted by Crippen LogP contribution is 2.30. The van der Waals surface area contributed by atoms with Crippen molar-refractivity contribution in [3.05, 3.63) is 72.1 Å². The Balaban J connectivity index is 1.77. The summed E-state index contributed by atoms with van der Waals surface area (Å²) in [7, 11) is 0. The van der Waals surface area contributed by atoms with E-state index < -0.39 is 0 Å². The van der Waals surface area contributed by atoms with Crippen LogP contribution in [0.2, 0.25) is 0 Å².